The van der Waals surface area contributed by atoms with Crippen molar-refractivity contribution in [1.82, 2.24) is 5.32 Å². The Morgan fingerprint density at radius 1 is 1.30 bits per heavy atom. The standard InChI is InChI=1S/C16H23F2NO/c1-4-6-7-12(5-2)10-19-16(20)14-13(17)9-8-11(3)15(14)18/h8-9,12H,4-7,10H2,1-3H3,(H,19,20). The SMILES string of the molecule is CCCCC(CC)CNC(=O)c1c(F)ccc(C)c1F. The molecule has 20 heavy (non-hydrogen) atoms. The summed E-state index contributed by atoms with van der Waals surface area (Å²) in [7, 11) is 0. The van der Waals surface area contributed by atoms with Crippen LogP contribution in [0, 0.1) is 24.5 Å². The third-order valence-electron chi connectivity index (χ3n) is 3.61. The molecule has 0 aliphatic carbocycles. The molecule has 1 unspecified atom stereocenters. The number of rotatable bonds is 7. The first-order chi connectivity index (χ1) is 9.51. The van der Waals surface area contributed by atoms with Crippen LogP contribution in [0.1, 0.15) is 55.5 Å². The van der Waals surface area contributed by atoms with Crippen LogP contribution in [0.15, 0.2) is 12.1 Å². The molecule has 1 atom stereocenters. The van der Waals surface area contributed by atoms with Crippen molar-refractivity contribution in [1.29, 1.82) is 0 Å². The number of carbonyl (C=O) groups excluding carboxylic acids is 1. The van der Waals surface area contributed by atoms with Gasteiger partial charge in [0.25, 0.3) is 5.91 Å². The van der Waals surface area contributed by atoms with E-state index >= 15 is 0 Å². The number of unbranched alkanes of at least 4 members (excludes halogenated alkanes) is 1. The molecular weight excluding hydrogens is 260 g/mol. The molecule has 0 aliphatic heterocycles. The van der Waals surface area contributed by atoms with Gasteiger partial charge in [-0.25, -0.2) is 8.78 Å². The second-order valence-electron chi connectivity index (χ2n) is 5.18. The first kappa shape index (κ1) is 16.6. The van der Waals surface area contributed by atoms with E-state index in [1.165, 1.54) is 13.0 Å². The van der Waals surface area contributed by atoms with Gasteiger partial charge >= 0.3 is 0 Å². The second kappa shape index (κ2) is 7.98. The number of amides is 1. The fraction of sp³-hybridized carbons (Fsp3) is 0.562. The molecule has 2 nitrogen and oxygen atoms in total. The van der Waals surface area contributed by atoms with E-state index in [1.807, 2.05) is 0 Å². The van der Waals surface area contributed by atoms with Crippen molar-refractivity contribution in [2.75, 3.05) is 6.54 Å². The first-order valence-corrected chi connectivity index (χ1v) is 7.24. The van der Waals surface area contributed by atoms with E-state index in [1.54, 1.807) is 0 Å². The van der Waals surface area contributed by atoms with Crippen molar-refractivity contribution < 1.29 is 13.6 Å². The number of benzene rings is 1. The molecule has 1 N–H and O–H groups in total. The highest BCUT2D eigenvalue weighted by atomic mass is 19.1. The van der Waals surface area contributed by atoms with Gasteiger partial charge in [0.2, 0.25) is 0 Å². The predicted molar refractivity (Wildman–Crippen MR) is 76.7 cm³/mol. The van der Waals surface area contributed by atoms with Crippen molar-refractivity contribution in [3.05, 3.63) is 34.9 Å². The monoisotopic (exact) mass is 283 g/mol. The lowest BCUT2D eigenvalue weighted by molar-refractivity contribution is 0.0937. The summed E-state index contributed by atoms with van der Waals surface area (Å²) in [6, 6.07) is 2.46. The average Bonchev–Trinajstić information content (AvgIpc) is 2.43. The highest BCUT2D eigenvalue weighted by Gasteiger charge is 2.19. The van der Waals surface area contributed by atoms with Gasteiger partial charge in [-0.3, -0.25) is 4.79 Å². The molecule has 4 heteroatoms. The lowest BCUT2D eigenvalue weighted by atomic mass is 9.99. The molecule has 0 aromatic heterocycles. The van der Waals surface area contributed by atoms with Crippen LogP contribution in [0.3, 0.4) is 0 Å². The lowest BCUT2D eigenvalue weighted by Crippen LogP contribution is -2.30. The third kappa shape index (κ3) is 4.29. The molecule has 1 aromatic carbocycles. The van der Waals surface area contributed by atoms with E-state index < -0.39 is 23.1 Å². The molecule has 1 aromatic rings. The Hall–Kier alpha value is -1.45. The van der Waals surface area contributed by atoms with Crippen molar-refractivity contribution in [3.8, 4) is 0 Å². The van der Waals surface area contributed by atoms with E-state index in [0.29, 0.717) is 12.5 Å². The van der Waals surface area contributed by atoms with Crippen LogP contribution in [0.4, 0.5) is 8.78 Å². The molecule has 0 saturated carbocycles. The van der Waals surface area contributed by atoms with E-state index in [0.717, 1.165) is 31.7 Å². The van der Waals surface area contributed by atoms with Gasteiger partial charge in [0, 0.05) is 6.54 Å². The van der Waals surface area contributed by atoms with Gasteiger partial charge in [0.1, 0.15) is 17.2 Å². The minimum Gasteiger partial charge on any atom is -0.352 e. The van der Waals surface area contributed by atoms with E-state index in [4.69, 9.17) is 0 Å². The molecule has 1 amide bonds. The largest absolute Gasteiger partial charge is 0.352 e. The topological polar surface area (TPSA) is 29.1 Å². The minimum absolute atomic E-state index is 0.273. The molecular formula is C16H23F2NO. The summed E-state index contributed by atoms with van der Waals surface area (Å²) in [6.07, 6.45) is 4.16. The van der Waals surface area contributed by atoms with Crippen LogP contribution in [-0.2, 0) is 0 Å². The normalized spacial score (nSPS) is 12.2. The van der Waals surface area contributed by atoms with Crippen LogP contribution in [0.25, 0.3) is 0 Å². The van der Waals surface area contributed by atoms with Crippen LogP contribution >= 0.6 is 0 Å². The van der Waals surface area contributed by atoms with Crippen molar-refractivity contribution in [2.45, 2.75) is 46.5 Å². The van der Waals surface area contributed by atoms with Gasteiger partial charge in [0.15, 0.2) is 0 Å². The highest BCUT2D eigenvalue weighted by molar-refractivity contribution is 5.94. The summed E-state index contributed by atoms with van der Waals surface area (Å²) in [6.45, 7) is 6.15. The summed E-state index contributed by atoms with van der Waals surface area (Å²) < 4.78 is 27.4. The third-order valence-corrected chi connectivity index (χ3v) is 3.61. The fourth-order valence-electron chi connectivity index (χ4n) is 2.13. The summed E-state index contributed by atoms with van der Waals surface area (Å²) in [4.78, 5) is 11.9. The zero-order chi connectivity index (χ0) is 15.1. The molecule has 0 aliphatic rings. The second-order valence-corrected chi connectivity index (χ2v) is 5.18. The maximum Gasteiger partial charge on any atom is 0.257 e. The highest BCUT2D eigenvalue weighted by Crippen LogP contribution is 2.17. The fourth-order valence-corrected chi connectivity index (χ4v) is 2.13. The Morgan fingerprint density at radius 2 is 2.00 bits per heavy atom. The lowest BCUT2D eigenvalue weighted by Gasteiger charge is -2.16. The molecule has 0 saturated heterocycles. The summed E-state index contributed by atoms with van der Waals surface area (Å²) in [5.41, 5.74) is -0.204. The zero-order valence-electron chi connectivity index (χ0n) is 12.4. The maximum atomic E-state index is 13.8. The van der Waals surface area contributed by atoms with Gasteiger partial charge in [-0.05, 0) is 30.9 Å². The summed E-state index contributed by atoms with van der Waals surface area (Å²) in [5, 5.41) is 2.65. The first-order valence-electron chi connectivity index (χ1n) is 7.24. The minimum atomic E-state index is -0.813. The summed E-state index contributed by atoms with van der Waals surface area (Å²) >= 11 is 0. The number of hydrogen-bond acceptors (Lipinski definition) is 1. The van der Waals surface area contributed by atoms with Crippen molar-refractivity contribution in [2.24, 2.45) is 5.92 Å². The predicted octanol–water partition coefficient (Wildman–Crippen LogP) is 4.22. The van der Waals surface area contributed by atoms with Gasteiger partial charge in [-0.2, -0.15) is 0 Å². The molecule has 1 rings (SSSR count). The van der Waals surface area contributed by atoms with Gasteiger partial charge in [-0.1, -0.05) is 39.2 Å². The van der Waals surface area contributed by atoms with Crippen LogP contribution in [0.5, 0.6) is 0 Å². The summed E-state index contributed by atoms with van der Waals surface area (Å²) in [5.74, 6) is -1.90. The van der Waals surface area contributed by atoms with E-state index in [-0.39, 0.29) is 5.56 Å². The molecule has 112 valence electrons. The van der Waals surface area contributed by atoms with Crippen LogP contribution < -0.4 is 5.32 Å². The number of nitrogens with one attached hydrogen (secondary N) is 1. The zero-order valence-corrected chi connectivity index (χ0v) is 12.4. The van der Waals surface area contributed by atoms with Gasteiger partial charge < -0.3 is 5.32 Å². The molecule has 0 spiro atoms. The molecule has 0 heterocycles. The smallest absolute Gasteiger partial charge is 0.257 e. The Kier molecular flexibility index (Phi) is 6.62. The van der Waals surface area contributed by atoms with Crippen molar-refractivity contribution >= 4 is 5.91 Å². The maximum absolute atomic E-state index is 13.8. The molecule has 0 fully saturated rings. The van der Waals surface area contributed by atoms with Gasteiger partial charge in [-0.15, -0.1) is 0 Å². The van der Waals surface area contributed by atoms with Crippen LogP contribution in [-0.4, -0.2) is 12.5 Å². The molecule has 0 bridgehead atoms. The van der Waals surface area contributed by atoms with E-state index in [9.17, 15) is 13.6 Å². The average molecular weight is 283 g/mol. The Bertz CT molecular complexity index is 460. The Balaban J connectivity index is 2.70. The van der Waals surface area contributed by atoms with Gasteiger partial charge in [0.05, 0.1) is 0 Å². The van der Waals surface area contributed by atoms with Crippen molar-refractivity contribution in [3.63, 3.8) is 0 Å². The number of aryl methyl sites for hydroxylation is 1. The number of carbonyl (C=O) groups is 1. The Labute approximate surface area is 119 Å². The molecule has 0 radical (unpaired) electrons. The van der Waals surface area contributed by atoms with E-state index in [2.05, 4.69) is 19.2 Å². The number of halogens is 2. The van der Waals surface area contributed by atoms with Crippen LogP contribution in [0.2, 0.25) is 0 Å². The quantitative estimate of drug-likeness (QED) is 0.797. The number of hydrogen-bond donors (Lipinski definition) is 1. The Morgan fingerprint density at radius 3 is 2.60 bits per heavy atom.